The molecule has 0 aliphatic carbocycles. The normalized spacial score (nSPS) is 11.3. The number of benzene rings is 3. The third-order valence-corrected chi connectivity index (χ3v) is 5.76. The molecular weight excluding hydrogens is 613 g/mol. The number of ether oxygens (including phenoxy) is 6. The Bertz CT molecular complexity index is 1440. The minimum Gasteiger partial charge on any atom is -0.493 e. The number of halogens is 3. The summed E-state index contributed by atoms with van der Waals surface area (Å²) in [5.41, 5.74) is 13.1. The van der Waals surface area contributed by atoms with Gasteiger partial charge in [0.25, 0.3) is 0 Å². The molecule has 3 aromatic rings. The van der Waals surface area contributed by atoms with Gasteiger partial charge in [-0.25, -0.2) is 14.4 Å². The average molecular weight is 647 g/mol. The van der Waals surface area contributed by atoms with Gasteiger partial charge in [-0.15, -0.1) is 0 Å². The maximum atomic E-state index is 12.4. The highest BCUT2D eigenvalue weighted by Crippen LogP contribution is 2.21. The van der Waals surface area contributed by atoms with Gasteiger partial charge < -0.3 is 39.9 Å². The SMILES string of the molecule is Nc1cc(N)cc(C(=O)OCCOCCOCCOC(=O)/C=C/c2ccc(OC(=O)c3ccc(OCCC(F)(F)F)cc3)cc2)c1. The van der Waals surface area contributed by atoms with Crippen molar-refractivity contribution in [1.82, 2.24) is 0 Å². The van der Waals surface area contributed by atoms with Crippen molar-refractivity contribution in [3.8, 4) is 11.5 Å². The third kappa shape index (κ3) is 13.7. The summed E-state index contributed by atoms with van der Waals surface area (Å²) in [6.07, 6.45) is -2.63. The van der Waals surface area contributed by atoms with Crippen molar-refractivity contribution in [1.29, 1.82) is 0 Å². The summed E-state index contributed by atoms with van der Waals surface area (Å²) in [6.45, 7) is 0.357. The van der Waals surface area contributed by atoms with E-state index < -0.39 is 37.1 Å². The Morgan fingerprint density at radius 2 is 1.22 bits per heavy atom. The topological polar surface area (TPSA) is 159 Å². The first-order valence-electron chi connectivity index (χ1n) is 13.9. The number of anilines is 2. The fraction of sp³-hybridized carbons (Fsp3) is 0.281. The van der Waals surface area contributed by atoms with Crippen LogP contribution in [0.3, 0.4) is 0 Å². The summed E-state index contributed by atoms with van der Waals surface area (Å²) >= 11 is 0. The van der Waals surface area contributed by atoms with Crippen molar-refractivity contribution in [3.63, 3.8) is 0 Å². The fourth-order valence-corrected chi connectivity index (χ4v) is 3.59. The van der Waals surface area contributed by atoms with Crippen LogP contribution in [-0.4, -0.2) is 70.3 Å². The van der Waals surface area contributed by atoms with Crippen LogP contribution < -0.4 is 20.9 Å². The van der Waals surface area contributed by atoms with Gasteiger partial charge in [-0.05, 0) is 66.2 Å². The van der Waals surface area contributed by atoms with E-state index in [9.17, 15) is 27.6 Å². The van der Waals surface area contributed by atoms with Gasteiger partial charge in [-0.1, -0.05) is 12.1 Å². The first-order chi connectivity index (χ1) is 22.0. The van der Waals surface area contributed by atoms with Crippen molar-refractivity contribution in [3.05, 3.63) is 89.5 Å². The summed E-state index contributed by atoms with van der Waals surface area (Å²) in [6, 6.07) is 16.3. The molecule has 0 saturated heterocycles. The van der Waals surface area contributed by atoms with Gasteiger partial charge in [-0.3, -0.25) is 0 Å². The van der Waals surface area contributed by atoms with E-state index in [0.29, 0.717) is 16.9 Å². The number of carbonyl (C=O) groups is 3. The van der Waals surface area contributed by atoms with Gasteiger partial charge in [0.15, 0.2) is 0 Å². The van der Waals surface area contributed by atoms with E-state index in [2.05, 4.69) is 0 Å². The first-order valence-corrected chi connectivity index (χ1v) is 13.9. The van der Waals surface area contributed by atoms with Crippen molar-refractivity contribution < 1.29 is 56.0 Å². The predicted octanol–water partition coefficient (Wildman–Crippen LogP) is 4.85. The number of esters is 3. The molecule has 46 heavy (non-hydrogen) atoms. The van der Waals surface area contributed by atoms with Crippen LogP contribution in [0.5, 0.6) is 11.5 Å². The smallest absolute Gasteiger partial charge is 0.392 e. The number of carbonyl (C=O) groups excluding carboxylic acids is 3. The van der Waals surface area contributed by atoms with E-state index in [0.717, 1.165) is 0 Å². The Kier molecular flexibility index (Phi) is 13.9. The van der Waals surface area contributed by atoms with Crippen LogP contribution >= 0.6 is 0 Å². The molecule has 0 aromatic heterocycles. The summed E-state index contributed by atoms with van der Waals surface area (Å²) in [7, 11) is 0. The molecular formula is C32H33F3N2O9. The highest BCUT2D eigenvalue weighted by atomic mass is 19.4. The summed E-state index contributed by atoms with van der Waals surface area (Å²) in [5.74, 6) is -1.35. The maximum Gasteiger partial charge on any atom is 0.392 e. The van der Waals surface area contributed by atoms with Gasteiger partial charge in [0, 0.05) is 17.5 Å². The highest BCUT2D eigenvalue weighted by Gasteiger charge is 2.26. The minimum absolute atomic E-state index is 0.0275. The van der Waals surface area contributed by atoms with Crippen LogP contribution in [-0.2, 0) is 23.7 Å². The van der Waals surface area contributed by atoms with E-state index in [1.165, 1.54) is 66.7 Å². The van der Waals surface area contributed by atoms with Crippen LogP contribution in [0.4, 0.5) is 24.5 Å². The molecule has 3 aromatic carbocycles. The molecule has 0 aliphatic heterocycles. The van der Waals surface area contributed by atoms with Crippen LogP contribution in [0.25, 0.3) is 6.08 Å². The van der Waals surface area contributed by atoms with Crippen molar-refractivity contribution in [2.45, 2.75) is 12.6 Å². The molecule has 0 bridgehead atoms. The van der Waals surface area contributed by atoms with Gasteiger partial charge in [0.05, 0.1) is 50.6 Å². The molecule has 3 rings (SSSR count). The maximum absolute atomic E-state index is 12.4. The van der Waals surface area contributed by atoms with Crippen LogP contribution in [0.1, 0.15) is 32.7 Å². The summed E-state index contributed by atoms with van der Waals surface area (Å²) < 4.78 is 67.8. The lowest BCUT2D eigenvalue weighted by Gasteiger charge is -2.09. The Hall–Kier alpha value is -5.08. The molecule has 0 aliphatic rings. The van der Waals surface area contributed by atoms with Gasteiger partial charge in [0.1, 0.15) is 24.7 Å². The Morgan fingerprint density at radius 1 is 0.652 bits per heavy atom. The molecule has 0 atom stereocenters. The lowest BCUT2D eigenvalue weighted by Crippen LogP contribution is -2.15. The van der Waals surface area contributed by atoms with E-state index in [4.69, 9.17) is 39.9 Å². The van der Waals surface area contributed by atoms with Crippen molar-refractivity contribution >= 4 is 35.4 Å². The monoisotopic (exact) mass is 646 g/mol. The number of hydrogen-bond acceptors (Lipinski definition) is 11. The predicted molar refractivity (Wildman–Crippen MR) is 161 cm³/mol. The van der Waals surface area contributed by atoms with Crippen LogP contribution in [0.15, 0.2) is 72.8 Å². The van der Waals surface area contributed by atoms with E-state index in [-0.39, 0.29) is 62.3 Å². The zero-order valence-corrected chi connectivity index (χ0v) is 24.6. The number of rotatable bonds is 17. The molecule has 4 N–H and O–H groups in total. The molecule has 246 valence electrons. The minimum atomic E-state index is -4.31. The Balaban J connectivity index is 1.24. The second-order valence-electron chi connectivity index (χ2n) is 9.45. The quantitative estimate of drug-likeness (QED) is 0.0679. The van der Waals surface area contributed by atoms with Gasteiger partial charge in [-0.2, -0.15) is 13.2 Å². The molecule has 0 radical (unpaired) electrons. The van der Waals surface area contributed by atoms with Crippen LogP contribution in [0, 0.1) is 0 Å². The highest BCUT2D eigenvalue weighted by molar-refractivity contribution is 5.92. The molecule has 0 heterocycles. The van der Waals surface area contributed by atoms with Crippen LogP contribution in [0.2, 0.25) is 0 Å². The molecule has 0 amide bonds. The molecule has 0 unspecified atom stereocenters. The lowest BCUT2D eigenvalue weighted by molar-refractivity contribution is -0.140. The molecule has 0 spiro atoms. The molecule has 0 fully saturated rings. The van der Waals surface area contributed by atoms with E-state index >= 15 is 0 Å². The number of alkyl halides is 3. The van der Waals surface area contributed by atoms with E-state index in [1.807, 2.05) is 0 Å². The number of nitrogens with two attached hydrogens (primary N) is 2. The van der Waals surface area contributed by atoms with Gasteiger partial charge in [0.2, 0.25) is 0 Å². The molecule has 0 saturated carbocycles. The van der Waals surface area contributed by atoms with Gasteiger partial charge >= 0.3 is 24.1 Å². The largest absolute Gasteiger partial charge is 0.493 e. The van der Waals surface area contributed by atoms with E-state index in [1.54, 1.807) is 12.1 Å². The summed E-state index contributed by atoms with van der Waals surface area (Å²) in [5, 5.41) is 0. The second-order valence-corrected chi connectivity index (χ2v) is 9.45. The third-order valence-electron chi connectivity index (χ3n) is 5.76. The number of hydrogen-bond donors (Lipinski definition) is 2. The molecule has 14 heteroatoms. The zero-order chi connectivity index (χ0) is 33.4. The summed E-state index contributed by atoms with van der Waals surface area (Å²) in [4.78, 5) is 36.3. The number of nitrogen functional groups attached to an aromatic ring is 2. The standard InChI is InChI=1S/C32H33F3N2O9/c33-32(34,35)11-12-43-27-8-4-23(5-9-27)31(40)46-28-6-1-22(2-7-28)3-10-29(38)44-17-15-41-13-14-42-16-18-45-30(39)24-19-25(36)21-26(37)20-24/h1-10,19-21H,11-18,36-37H2/b10-3+. The first kappa shape index (κ1) is 35.4. The molecule has 11 nitrogen and oxygen atoms in total. The average Bonchev–Trinajstić information content (AvgIpc) is 3.00. The Morgan fingerprint density at radius 3 is 1.83 bits per heavy atom. The Labute approximate surface area is 262 Å². The fourth-order valence-electron chi connectivity index (χ4n) is 3.59. The second kappa shape index (κ2) is 18.0. The lowest BCUT2D eigenvalue weighted by atomic mass is 10.2. The zero-order valence-electron chi connectivity index (χ0n) is 24.6. The van der Waals surface area contributed by atoms with Crippen molar-refractivity contribution in [2.75, 3.05) is 57.7 Å². The van der Waals surface area contributed by atoms with Crippen molar-refractivity contribution in [2.24, 2.45) is 0 Å².